The number of rotatable bonds is 3. The number of hydrogen-bond acceptors (Lipinski definition) is 4. The molecule has 1 aromatic carbocycles. The average molecular weight is 373 g/mol. The van der Waals surface area contributed by atoms with E-state index in [4.69, 9.17) is 0 Å². The molecule has 138 valence electrons. The largest absolute Gasteiger partial charge is 0.328 e. The van der Waals surface area contributed by atoms with Gasteiger partial charge in [0.25, 0.3) is 5.91 Å². The molecule has 0 fully saturated rings. The molecule has 0 saturated carbocycles. The topological polar surface area (TPSA) is 63.9 Å². The minimum absolute atomic E-state index is 0.113. The van der Waals surface area contributed by atoms with Crippen LogP contribution >= 0.6 is 0 Å². The summed E-state index contributed by atoms with van der Waals surface area (Å²) in [5.41, 5.74) is 4.05. The number of carbonyl (C=O) groups excluding carboxylic acids is 1. The molecule has 0 bridgehead atoms. The maximum absolute atomic E-state index is 14.9. The van der Waals surface area contributed by atoms with Gasteiger partial charge in [-0.1, -0.05) is 12.1 Å². The van der Waals surface area contributed by atoms with Crippen molar-refractivity contribution >= 4 is 16.9 Å². The highest BCUT2D eigenvalue weighted by molar-refractivity contribution is 5.97. The van der Waals surface area contributed by atoms with Crippen molar-refractivity contribution in [3.8, 4) is 11.1 Å². The van der Waals surface area contributed by atoms with Gasteiger partial charge in [-0.3, -0.25) is 14.5 Å². The number of aryl methyl sites for hydroxylation is 1. The molecular weight excluding hydrogens is 357 g/mol. The van der Waals surface area contributed by atoms with E-state index in [1.165, 1.54) is 6.07 Å². The van der Waals surface area contributed by atoms with Crippen LogP contribution in [0.4, 0.5) is 4.39 Å². The third-order valence-corrected chi connectivity index (χ3v) is 5.01. The number of pyridine rings is 2. The molecule has 0 unspecified atom stereocenters. The smallest absolute Gasteiger partial charge is 0.256 e. The second-order valence-corrected chi connectivity index (χ2v) is 6.86. The van der Waals surface area contributed by atoms with Crippen LogP contribution in [0, 0.1) is 5.82 Å². The van der Waals surface area contributed by atoms with E-state index in [1.54, 1.807) is 40.2 Å². The standard InChI is InChI=1S/C21H16FN5O/c1-26-11-17-15(6-8-24-20(17)25-26)13-4-5-14(18(22)9-13)10-27-12-19-16(21(27)28)3-2-7-23-19/h2-9,11H,10,12H2,1H3. The zero-order valence-corrected chi connectivity index (χ0v) is 15.1. The summed E-state index contributed by atoms with van der Waals surface area (Å²) in [4.78, 5) is 22.6. The van der Waals surface area contributed by atoms with Crippen LogP contribution in [-0.2, 0) is 20.1 Å². The van der Waals surface area contributed by atoms with Gasteiger partial charge in [-0.15, -0.1) is 0 Å². The van der Waals surface area contributed by atoms with Crippen molar-refractivity contribution in [2.45, 2.75) is 13.1 Å². The minimum Gasteiger partial charge on any atom is -0.328 e. The Kier molecular flexibility index (Phi) is 3.68. The van der Waals surface area contributed by atoms with Crippen LogP contribution in [0.25, 0.3) is 22.2 Å². The fourth-order valence-electron chi connectivity index (χ4n) is 3.64. The van der Waals surface area contributed by atoms with Gasteiger partial charge in [0.2, 0.25) is 0 Å². The van der Waals surface area contributed by atoms with Crippen molar-refractivity contribution in [3.63, 3.8) is 0 Å². The van der Waals surface area contributed by atoms with Crippen LogP contribution in [0.15, 0.2) is 55.0 Å². The number of halogens is 1. The van der Waals surface area contributed by atoms with Crippen molar-refractivity contribution in [1.29, 1.82) is 0 Å². The SMILES string of the molecule is Cn1cc2c(-c3ccc(CN4Cc5ncccc5C4=O)c(F)c3)ccnc2n1. The van der Waals surface area contributed by atoms with E-state index in [0.717, 1.165) is 22.2 Å². The molecule has 0 spiro atoms. The summed E-state index contributed by atoms with van der Waals surface area (Å²) in [6.07, 6.45) is 5.21. The molecule has 0 N–H and O–H groups in total. The molecule has 0 atom stereocenters. The Morgan fingerprint density at radius 3 is 2.82 bits per heavy atom. The first kappa shape index (κ1) is 16.6. The summed E-state index contributed by atoms with van der Waals surface area (Å²) >= 11 is 0. The van der Waals surface area contributed by atoms with Crippen molar-refractivity contribution < 1.29 is 9.18 Å². The third kappa shape index (κ3) is 2.63. The summed E-state index contributed by atoms with van der Waals surface area (Å²) in [6.45, 7) is 0.608. The first-order chi connectivity index (χ1) is 13.6. The fraction of sp³-hybridized carbons (Fsp3) is 0.143. The molecule has 5 rings (SSSR count). The minimum atomic E-state index is -0.344. The van der Waals surface area contributed by atoms with Crippen LogP contribution in [0.2, 0.25) is 0 Å². The number of amides is 1. The molecule has 4 aromatic rings. The highest BCUT2D eigenvalue weighted by Crippen LogP contribution is 2.29. The Balaban J connectivity index is 1.45. The van der Waals surface area contributed by atoms with Crippen LogP contribution < -0.4 is 0 Å². The molecule has 1 aliphatic heterocycles. The molecule has 3 aromatic heterocycles. The summed E-state index contributed by atoms with van der Waals surface area (Å²) < 4.78 is 16.6. The number of hydrogen-bond donors (Lipinski definition) is 0. The van der Waals surface area contributed by atoms with E-state index in [2.05, 4.69) is 15.1 Å². The quantitative estimate of drug-likeness (QED) is 0.553. The van der Waals surface area contributed by atoms with Crippen molar-refractivity contribution in [3.05, 3.63) is 77.6 Å². The lowest BCUT2D eigenvalue weighted by molar-refractivity contribution is 0.0765. The Labute approximate surface area is 160 Å². The zero-order chi connectivity index (χ0) is 19.3. The Morgan fingerprint density at radius 1 is 1.11 bits per heavy atom. The van der Waals surface area contributed by atoms with Crippen molar-refractivity contribution in [2.75, 3.05) is 0 Å². The van der Waals surface area contributed by atoms with E-state index >= 15 is 0 Å². The monoisotopic (exact) mass is 373 g/mol. The zero-order valence-electron chi connectivity index (χ0n) is 15.1. The van der Waals surface area contributed by atoms with Crippen LogP contribution in [0.1, 0.15) is 21.6 Å². The molecule has 6 nitrogen and oxygen atoms in total. The van der Waals surface area contributed by atoms with Crippen molar-refractivity contribution in [2.24, 2.45) is 7.05 Å². The molecule has 1 amide bonds. The Hall–Kier alpha value is -3.61. The number of aromatic nitrogens is 4. The van der Waals surface area contributed by atoms with Gasteiger partial charge < -0.3 is 4.90 Å². The van der Waals surface area contributed by atoms with E-state index in [1.807, 2.05) is 25.4 Å². The third-order valence-electron chi connectivity index (χ3n) is 5.01. The molecule has 0 saturated heterocycles. The first-order valence-corrected chi connectivity index (χ1v) is 8.90. The van der Waals surface area contributed by atoms with Crippen LogP contribution in [-0.4, -0.2) is 30.6 Å². The summed E-state index contributed by atoms with van der Waals surface area (Å²) in [6, 6.07) is 10.5. The van der Waals surface area contributed by atoms with Gasteiger partial charge in [-0.2, -0.15) is 5.10 Å². The van der Waals surface area contributed by atoms with Gasteiger partial charge in [-0.05, 0) is 35.4 Å². The highest BCUT2D eigenvalue weighted by atomic mass is 19.1. The number of carbonyl (C=O) groups is 1. The molecule has 4 heterocycles. The summed E-state index contributed by atoms with van der Waals surface area (Å²) in [5.74, 6) is -0.458. The van der Waals surface area contributed by atoms with Crippen LogP contribution in [0.5, 0.6) is 0 Å². The maximum atomic E-state index is 14.9. The van der Waals surface area contributed by atoms with Gasteiger partial charge in [0.15, 0.2) is 5.65 Å². The summed E-state index contributed by atoms with van der Waals surface area (Å²) in [5, 5.41) is 5.17. The van der Waals surface area contributed by atoms with Gasteiger partial charge in [0.1, 0.15) is 5.82 Å². The molecule has 7 heteroatoms. The number of benzene rings is 1. The highest BCUT2D eigenvalue weighted by Gasteiger charge is 2.28. The predicted molar refractivity (Wildman–Crippen MR) is 102 cm³/mol. The van der Waals surface area contributed by atoms with Gasteiger partial charge in [0.05, 0.1) is 17.8 Å². The van der Waals surface area contributed by atoms with Crippen LogP contribution in [0.3, 0.4) is 0 Å². The summed E-state index contributed by atoms with van der Waals surface area (Å²) in [7, 11) is 1.83. The lowest BCUT2D eigenvalue weighted by Crippen LogP contribution is -2.23. The Bertz CT molecular complexity index is 1230. The van der Waals surface area contributed by atoms with Gasteiger partial charge in [0, 0.05) is 43.1 Å². The van der Waals surface area contributed by atoms with E-state index < -0.39 is 0 Å². The molecule has 1 aliphatic rings. The molecule has 0 radical (unpaired) electrons. The lowest BCUT2D eigenvalue weighted by Gasteiger charge is -2.16. The predicted octanol–water partition coefficient (Wildman–Crippen LogP) is 3.33. The molecule has 28 heavy (non-hydrogen) atoms. The number of nitrogens with zero attached hydrogens (tertiary/aromatic N) is 5. The normalized spacial score (nSPS) is 13.4. The van der Waals surface area contributed by atoms with Gasteiger partial charge >= 0.3 is 0 Å². The van der Waals surface area contributed by atoms with E-state index in [9.17, 15) is 9.18 Å². The second-order valence-electron chi connectivity index (χ2n) is 6.86. The number of fused-ring (bicyclic) bond motifs is 2. The van der Waals surface area contributed by atoms with Crippen molar-refractivity contribution in [1.82, 2.24) is 24.6 Å². The maximum Gasteiger partial charge on any atom is 0.256 e. The fourth-order valence-corrected chi connectivity index (χ4v) is 3.64. The second kappa shape index (κ2) is 6.23. The average Bonchev–Trinajstić information content (AvgIpc) is 3.22. The molecule has 0 aliphatic carbocycles. The van der Waals surface area contributed by atoms with E-state index in [0.29, 0.717) is 23.3 Å². The Morgan fingerprint density at radius 2 is 2.00 bits per heavy atom. The first-order valence-electron chi connectivity index (χ1n) is 8.90. The van der Waals surface area contributed by atoms with Gasteiger partial charge in [-0.25, -0.2) is 9.37 Å². The molecular formula is C21H16FN5O. The lowest BCUT2D eigenvalue weighted by atomic mass is 10.0. The van der Waals surface area contributed by atoms with E-state index in [-0.39, 0.29) is 18.3 Å².